The van der Waals surface area contributed by atoms with Crippen molar-refractivity contribution in [3.8, 4) is 0 Å². The zero-order valence-electron chi connectivity index (χ0n) is 8.12. The standard InChI is InChI=1S/C10H16N2O/c1-8-3-4-10(12-7-8)11-6-5-9(2)13/h3-4,7,9,13H,5-6H2,1-2H3,(H,11,12). The van der Waals surface area contributed by atoms with E-state index in [-0.39, 0.29) is 6.10 Å². The molecular formula is C10H16N2O. The van der Waals surface area contributed by atoms with E-state index >= 15 is 0 Å². The van der Waals surface area contributed by atoms with Gasteiger partial charge >= 0.3 is 0 Å². The average molecular weight is 180 g/mol. The zero-order chi connectivity index (χ0) is 9.68. The highest BCUT2D eigenvalue weighted by Gasteiger charge is 1.95. The zero-order valence-corrected chi connectivity index (χ0v) is 8.12. The second-order valence-corrected chi connectivity index (χ2v) is 3.29. The van der Waals surface area contributed by atoms with Gasteiger partial charge in [0, 0.05) is 12.7 Å². The number of rotatable bonds is 4. The number of anilines is 1. The summed E-state index contributed by atoms with van der Waals surface area (Å²) in [6.07, 6.45) is 2.32. The molecule has 0 fully saturated rings. The van der Waals surface area contributed by atoms with Crippen molar-refractivity contribution in [3.63, 3.8) is 0 Å². The van der Waals surface area contributed by atoms with Crippen LogP contribution in [0.1, 0.15) is 18.9 Å². The normalized spacial score (nSPS) is 12.5. The Morgan fingerprint density at radius 3 is 2.85 bits per heavy atom. The predicted octanol–water partition coefficient (Wildman–Crippen LogP) is 1.57. The van der Waals surface area contributed by atoms with Gasteiger partial charge in [0.05, 0.1) is 6.10 Å². The van der Waals surface area contributed by atoms with Crippen LogP contribution in [0, 0.1) is 6.92 Å². The number of nitrogens with zero attached hydrogens (tertiary/aromatic N) is 1. The molecule has 1 unspecified atom stereocenters. The van der Waals surface area contributed by atoms with Crippen molar-refractivity contribution in [2.75, 3.05) is 11.9 Å². The first-order chi connectivity index (χ1) is 6.18. The molecule has 1 atom stereocenters. The van der Waals surface area contributed by atoms with E-state index in [1.165, 1.54) is 0 Å². The molecule has 0 spiro atoms. The van der Waals surface area contributed by atoms with Crippen LogP contribution >= 0.6 is 0 Å². The molecule has 1 rings (SSSR count). The molecule has 1 heterocycles. The Labute approximate surface area is 78.8 Å². The molecule has 3 heteroatoms. The van der Waals surface area contributed by atoms with Gasteiger partial charge in [-0.1, -0.05) is 6.07 Å². The maximum absolute atomic E-state index is 9.01. The topological polar surface area (TPSA) is 45.1 Å². The van der Waals surface area contributed by atoms with Crippen molar-refractivity contribution in [1.82, 2.24) is 4.98 Å². The maximum atomic E-state index is 9.01. The fourth-order valence-corrected chi connectivity index (χ4v) is 0.982. The number of nitrogens with one attached hydrogen (secondary N) is 1. The Morgan fingerprint density at radius 2 is 2.31 bits per heavy atom. The maximum Gasteiger partial charge on any atom is 0.125 e. The quantitative estimate of drug-likeness (QED) is 0.739. The lowest BCUT2D eigenvalue weighted by atomic mass is 10.3. The highest BCUT2D eigenvalue weighted by molar-refractivity contribution is 5.34. The van der Waals surface area contributed by atoms with Gasteiger partial charge in [-0.3, -0.25) is 0 Å². The molecule has 1 aromatic rings. The first kappa shape index (κ1) is 9.99. The fourth-order valence-electron chi connectivity index (χ4n) is 0.982. The third-order valence-electron chi connectivity index (χ3n) is 1.78. The van der Waals surface area contributed by atoms with E-state index < -0.39 is 0 Å². The van der Waals surface area contributed by atoms with E-state index in [1.54, 1.807) is 6.92 Å². The van der Waals surface area contributed by atoms with Gasteiger partial charge in [-0.2, -0.15) is 0 Å². The summed E-state index contributed by atoms with van der Waals surface area (Å²) in [5, 5.41) is 12.1. The van der Waals surface area contributed by atoms with E-state index in [9.17, 15) is 0 Å². The third-order valence-corrected chi connectivity index (χ3v) is 1.78. The molecule has 0 saturated heterocycles. The van der Waals surface area contributed by atoms with E-state index in [4.69, 9.17) is 5.11 Å². The lowest BCUT2D eigenvalue weighted by molar-refractivity contribution is 0.188. The van der Waals surface area contributed by atoms with Crippen LogP contribution in [0.15, 0.2) is 18.3 Å². The van der Waals surface area contributed by atoms with Crippen LogP contribution in [0.3, 0.4) is 0 Å². The number of aromatic nitrogens is 1. The summed E-state index contributed by atoms with van der Waals surface area (Å²) in [5.41, 5.74) is 1.15. The molecule has 0 aliphatic rings. The van der Waals surface area contributed by atoms with E-state index in [0.29, 0.717) is 0 Å². The monoisotopic (exact) mass is 180 g/mol. The van der Waals surface area contributed by atoms with E-state index in [0.717, 1.165) is 24.3 Å². The molecular weight excluding hydrogens is 164 g/mol. The summed E-state index contributed by atoms with van der Waals surface area (Å²) in [6, 6.07) is 3.95. The van der Waals surface area contributed by atoms with Gasteiger partial charge in [0.1, 0.15) is 5.82 Å². The molecule has 1 aromatic heterocycles. The Hall–Kier alpha value is -1.09. The highest BCUT2D eigenvalue weighted by Crippen LogP contribution is 2.03. The van der Waals surface area contributed by atoms with Crippen LogP contribution in [0.4, 0.5) is 5.82 Å². The smallest absolute Gasteiger partial charge is 0.125 e. The van der Waals surface area contributed by atoms with Gasteiger partial charge in [0.2, 0.25) is 0 Å². The summed E-state index contributed by atoms with van der Waals surface area (Å²) in [5.74, 6) is 0.867. The number of aliphatic hydroxyl groups is 1. The minimum absolute atomic E-state index is 0.252. The van der Waals surface area contributed by atoms with Crippen LogP contribution in [-0.2, 0) is 0 Å². The molecule has 0 bridgehead atoms. The van der Waals surface area contributed by atoms with Crippen molar-refractivity contribution in [2.24, 2.45) is 0 Å². The summed E-state index contributed by atoms with van der Waals surface area (Å²) in [6.45, 7) is 4.55. The van der Waals surface area contributed by atoms with Crippen LogP contribution in [0.2, 0.25) is 0 Å². The largest absolute Gasteiger partial charge is 0.393 e. The van der Waals surface area contributed by atoms with Crippen LogP contribution < -0.4 is 5.32 Å². The SMILES string of the molecule is Cc1ccc(NCCC(C)O)nc1. The van der Waals surface area contributed by atoms with Crippen LogP contribution in [-0.4, -0.2) is 22.7 Å². The predicted molar refractivity (Wildman–Crippen MR) is 53.8 cm³/mol. The summed E-state index contributed by atoms with van der Waals surface area (Å²) in [4.78, 5) is 4.18. The Morgan fingerprint density at radius 1 is 1.54 bits per heavy atom. The molecule has 0 aliphatic carbocycles. The van der Waals surface area contributed by atoms with E-state index in [1.807, 2.05) is 25.3 Å². The van der Waals surface area contributed by atoms with Gasteiger partial charge in [0.15, 0.2) is 0 Å². The lowest BCUT2D eigenvalue weighted by Crippen LogP contribution is -2.10. The van der Waals surface area contributed by atoms with Crippen molar-refractivity contribution in [1.29, 1.82) is 0 Å². The molecule has 2 N–H and O–H groups in total. The van der Waals surface area contributed by atoms with Crippen molar-refractivity contribution < 1.29 is 5.11 Å². The van der Waals surface area contributed by atoms with Gasteiger partial charge < -0.3 is 10.4 Å². The highest BCUT2D eigenvalue weighted by atomic mass is 16.3. The van der Waals surface area contributed by atoms with Gasteiger partial charge in [-0.05, 0) is 31.9 Å². The molecule has 0 aliphatic heterocycles. The van der Waals surface area contributed by atoms with Crippen molar-refractivity contribution >= 4 is 5.82 Å². The number of aliphatic hydroxyl groups excluding tert-OH is 1. The number of hydrogen-bond acceptors (Lipinski definition) is 3. The van der Waals surface area contributed by atoms with Crippen LogP contribution in [0.25, 0.3) is 0 Å². The van der Waals surface area contributed by atoms with Crippen molar-refractivity contribution in [3.05, 3.63) is 23.9 Å². The molecule has 3 nitrogen and oxygen atoms in total. The Kier molecular flexibility index (Phi) is 3.71. The van der Waals surface area contributed by atoms with Crippen LogP contribution in [0.5, 0.6) is 0 Å². The lowest BCUT2D eigenvalue weighted by Gasteiger charge is -2.06. The summed E-state index contributed by atoms with van der Waals surface area (Å²) >= 11 is 0. The number of hydrogen-bond donors (Lipinski definition) is 2. The minimum atomic E-state index is -0.252. The van der Waals surface area contributed by atoms with Crippen molar-refractivity contribution in [2.45, 2.75) is 26.4 Å². The van der Waals surface area contributed by atoms with E-state index in [2.05, 4.69) is 10.3 Å². The summed E-state index contributed by atoms with van der Waals surface area (Å²) < 4.78 is 0. The van der Waals surface area contributed by atoms with Gasteiger partial charge in [0.25, 0.3) is 0 Å². The molecule has 0 saturated carbocycles. The first-order valence-electron chi connectivity index (χ1n) is 4.53. The molecule has 72 valence electrons. The minimum Gasteiger partial charge on any atom is -0.393 e. The molecule has 0 aromatic carbocycles. The second-order valence-electron chi connectivity index (χ2n) is 3.29. The van der Waals surface area contributed by atoms with Gasteiger partial charge in [-0.25, -0.2) is 4.98 Å². The fraction of sp³-hybridized carbons (Fsp3) is 0.500. The molecule has 13 heavy (non-hydrogen) atoms. The number of aryl methyl sites for hydroxylation is 1. The Bertz CT molecular complexity index is 244. The molecule has 0 amide bonds. The van der Waals surface area contributed by atoms with Gasteiger partial charge in [-0.15, -0.1) is 0 Å². The second kappa shape index (κ2) is 4.82. The molecule has 0 radical (unpaired) electrons. The first-order valence-corrected chi connectivity index (χ1v) is 4.53. The summed E-state index contributed by atoms with van der Waals surface area (Å²) in [7, 11) is 0. The Balaban J connectivity index is 2.33. The average Bonchev–Trinajstić information content (AvgIpc) is 2.08. The number of pyridine rings is 1. The third kappa shape index (κ3) is 3.90.